The fraction of sp³-hybridized carbons (Fsp3) is 0.391. The van der Waals surface area contributed by atoms with Crippen LogP contribution in [0.4, 0.5) is 10.1 Å². The van der Waals surface area contributed by atoms with Gasteiger partial charge in [0, 0.05) is 24.6 Å². The van der Waals surface area contributed by atoms with E-state index >= 15 is 0 Å². The van der Waals surface area contributed by atoms with Gasteiger partial charge in [-0.15, -0.1) is 0 Å². The van der Waals surface area contributed by atoms with Crippen LogP contribution in [0.2, 0.25) is 0 Å². The summed E-state index contributed by atoms with van der Waals surface area (Å²) >= 11 is 0. The lowest BCUT2D eigenvalue weighted by Crippen LogP contribution is -2.34. The summed E-state index contributed by atoms with van der Waals surface area (Å²) in [6.07, 6.45) is 2.74. The molecule has 1 atom stereocenters. The number of benzene rings is 2. The molecule has 1 saturated carbocycles. The Morgan fingerprint density at radius 2 is 2.03 bits per heavy atom. The molecule has 7 heteroatoms. The highest BCUT2D eigenvalue weighted by atomic mass is 19.1. The Balaban J connectivity index is 1.38. The monoisotopic (exact) mass is 412 g/mol. The van der Waals surface area contributed by atoms with Gasteiger partial charge in [-0.25, -0.2) is 4.39 Å². The van der Waals surface area contributed by atoms with Crippen molar-refractivity contribution in [2.75, 3.05) is 32.1 Å². The number of amides is 2. The Morgan fingerprint density at radius 3 is 2.77 bits per heavy atom. The van der Waals surface area contributed by atoms with E-state index in [4.69, 9.17) is 9.47 Å². The van der Waals surface area contributed by atoms with Crippen molar-refractivity contribution in [2.45, 2.75) is 25.2 Å². The first kappa shape index (κ1) is 20.2. The second kappa shape index (κ2) is 8.73. The largest absolute Gasteiger partial charge is 0.493 e. The van der Waals surface area contributed by atoms with E-state index < -0.39 is 5.82 Å². The molecule has 158 valence electrons. The number of likely N-dealkylation sites (tertiary alicyclic amines) is 1. The van der Waals surface area contributed by atoms with Gasteiger partial charge in [0.25, 0.3) is 0 Å². The van der Waals surface area contributed by atoms with Crippen LogP contribution in [0, 0.1) is 11.7 Å². The number of nitrogens with zero attached hydrogens (tertiary/aromatic N) is 1. The molecule has 6 nitrogen and oxygen atoms in total. The third kappa shape index (κ3) is 4.90. The fourth-order valence-electron chi connectivity index (χ4n) is 3.64. The summed E-state index contributed by atoms with van der Waals surface area (Å²) in [4.78, 5) is 26.3. The van der Waals surface area contributed by atoms with Crippen LogP contribution < -0.4 is 14.8 Å². The highest BCUT2D eigenvalue weighted by Gasteiger charge is 2.32. The molecule has 0 aromatic heterocycles. The zero-order valence-corrected chi connectivity index (χ0v) is 16.9. The predicted molar refractivity (Wildman–Crippen MR) is 110 cm³/mol. The van der Waals surface area contributed by atoms with E-state index in [-0.39, 0.29) is 24.3 Å². The first-order valence-corrected chi connectivity index (χ1v) is 10.2. The molecule has 0 spiro atoms. The average molecular weight is 412 g/mol. The van der Waals surface area contributed by atoms with Crippen molar-refractivity contribution >= 4 is 17.5 Å². The minimum absolute atomic E-state index is 0.0198. The molecule has 1 aliphatic heterocycles. The highest BCUT2D eigenvalue weighted by Crippen LogP contribution is 2.37. The molecule has 1 N–H and O–H groups in total. The predicted octanol–water partition coefficient (Wildman–Crippen LogP) is 3.58. The summed E-state index contributed by atoms with van der Waals surface area (Å²) in [6, 6.07) is 11.4. The molecule has 0 unspecified atom stereocenters. The molecule has 1 aliphatic carbocycles. The number of carbonyl (C=O) groups excluding carboxylic acids is 2. The number of halogens is 1. The lowest BCUT2D eigenvalue weighted by molar-refractivity contribution is -0.131. The molecule has 2 aliphatic rings. The van der Waals surface area contributed by atoms with Crippen LogP contribution in [0.5, 0.6) is 11.5 Å². The maximum atomic E-state index is 13.3. The minimum Gasteiger partial charge on any atom is -0.493 e. The molecular formula is C23H25FN2O4. The molecule has 0 bridgehead atoms. The van der Waals surface area contributed by atoms with Crippen LogP contribution >= 0.6 is 0 Å². The molecule has 2 amide bonds. The lowest BCUT2D eigenvalue weighted by Gasteiger charge is -2.17. The van der Waals surface area contributed by atoms with Gasteiger partial charge in [0.15, 0.2) is 11.5 Å². The Bertz CT molecular complexity index is 945. The summed E-state index contributed by atoms with van der Waals surface area (Å²) in [7, 11) is 1.61. The summed E-state index contributed by atoms with van der Waals surface area (Å²) in [5.74, 6) is 1.12. The third-order valence-electron chi connectivity index (χ3n) is 5.49. The molecule has 1 heterocycles. The molecule has 2 aromatic carbocycles. The fourth-order valence-corrected chi connectivity index (χ4v) is 3.64. The van der Waals surface area contributed by atoms with Gasteiger partial charge in [-0.3, -0.25) is 9.59 Å². The van der Waals surface area contributed by atoms with Crippen LogP contribution in [-0.2, 0) is 9.59 Å². The van der Waals surface area contributed by atoms with E-state index in [2.05, 4.69) is 5.32 Å². The zero-order valence-electron chi connectivity index (χ0n) is 16.9. The van der Waals surface area contributed by atoms with Gasteiger partial charge in [-0.1, -0.05) is 12.1 Å². The SMILES string of the molecule is COc1ccc([C@H]2CC(=O)N(CC(=O)Nc3cccc(F)c3)C2)cc1OCC1CC1. The topological polar surface area (TPSA) is 67.9 Å². The van der Waals surface area contributed by atoms with Crippen molar-refractivity contribution in [3.63, 3.8) is 0 Å². The van der Waals surface area contributed by atoms with Gasteiger partial charge in [0.05, 0.1) is 20.3 Å². The molecule has 30 heavy (non-hydrogen) atoms. The van der Waals surface area contributed by atoms with Gasteiger partial charge in [0.2, 0.25) is 11.8 Å². The van der Waals surface area contributed by atoms with E-state index in [1.54, 1.807) is 13.2 Å². The number of rotatable bonds is 8. The summed E-state index contributed by atoms with van der Waals surface area (Å²) in [6.45, 7) is 1.06. The van der Waals surface area contributed by atoms with Crippen molar-refractivity contribution in [1.82, 2.24) is 4.90 Å². The average Bonchev–Trinajstić information content (AvgIpc) is 3.48. The van der Waals surface area contributed by atoms with Gasteiger partial charge in [-0.2, -0.15) is 0 Å². The number of ether oxygens (including phenoxy) is 2. The van der Waals surface area contributed by atoms with Crippen LogP contribution in [0.15, 0.2) is 42.5 Å². The summed E-state index contributed by atoms with van der Waals surface area (Å²) in [5, 5.41) is 2.63. The van der Waals surface area contributed by atoms with Gasteiger partial charge >= 0.3 is 0 Å². The van der Waals surface area contributed by atoms with Crippen LogP contribution in [0.3, 0.4) is 0 Å². The molecule has 0 radical (unpaired) electrons. The maximum absolute atomic E-state index is 13.3. The number of nitrogens with one attached hydrogen (secondary N) is 1. The Kier molecular flexibility index (Phi) is 5.88. The third-order valence-corrected chi connectivity index (χ3v) is 5.49. The van der Waals surface area contributed by atoms with Crippen LogP contribution in [-0.4, -0.2) is 43.5 Å². The number of methoxy groups -OCH3 is 1. The molecule has 4 rings (SSSR count). The summed E-state index contributed by atoms with van der Waals surface area (Å²) < 4.78 is 24.6. The van der Waals surface area contributed by atoms with Gasteiger partial charge in [-0.05, 0) is 54.7 Å². The second-order valence-corrected chi connectivity index (χ2v) is 7.90. The molecule has 1 saturated heterocycles. The zero-order chi connectivity index (χ0) is 21.1. The second-order valence-electron chi connectivity index (χ2n) is 7.90. The van der Waals surface area contributed by atoms with E-state index in [9.17, 15) is 14.0 Å². The Morgan fingerprint density at radius 1 is 1.20 bits per heavy atom. The van der Waals surface area contributed by atoms with Crippen molar-refractivity contribution in [1.29, 1.82) is 0 Å². The van der Waals surface area contributed by atoms with Crippen molar-refractivity contribution < 1.29 is 23.5 Å². The van der Waals surface area contributed by atoms with Crippen molar-refractivity contribution in [3.05, 3.63) is 53.8 Å². The summed E-state index contributed by atoms with van der Waals surface area (Å²) in [5.41, 5.74) is 1.36. The van der Waals surface area contributed by atoms with Crippen LogP contribution in [0.1, 0.15) is 30.7 Å². The lowest BCUT2D eigenvalue weighted by atomic mass is 9.98. The Labute approximate surface area is 175 Å². The maximum Gasteiger partial charge on any atom is 0.243 e. The van der Waals surface area contributed by atoms with E-state index in [1.165, 1.54) is 35.9 Å². The molecule has 2 fully saturated rings. The first-order valence-electron chi connectivity index (χ1n) is 10.2. The standard InChI is InChI=1S/C23H25FN2O4/c1-29-20-8-7-16(9-21(20)30-14-15-5-6-15)17-10-23(28)26(12-17)13-22(27)25-19-4-2-3-18(24)11-19/h2-4,7-9,11,15,17H,5-6,10,12-14H2,1H3,(H,25,27)/t17-/m0/s1. The number of anilines is 1. The molecule has 2 aromatic rings. The number of hydrogen-bond donors (Lipinski definition) is 1. The minimum atomic E-state index is -0.427. The first-order chi connectivity index (χ1) is 14.5. The molecular weight excluding hydrogens is 387 g/mol. The Hall–Kier alpha value is -3.09. The van der Waals surface area contributed by atoms with Crippen LogP contribution in [0.25, 0.3) is 0 Å². The van der Waals surface area contributed by atoms with Crippen molar-refractivity contribution in [3.8, 4) is 11.5 Å². The highest BCUT2D eigenvalue weighted by molar-refractivity contribution is 5.95. The van der Waals surface area contributed by atoms with Crippen molar-refractivity contribution in [2.24, 2.45) is 5.92 Å². The number of hydrogen-bond acceptors (Lipinski definition) is 4. The van der Waals surface area contributed by atoms with E-state index in [0.717, 1.165) is 5.56 Å². The van der Waals surface area contributed by atoms with E-state index in [0.29, 0.717) is 42.7 Å². The van der Waals surface area contributed by atoms with Gasteiger partial charge < -0.3 is 19.7 Å². The van der Waals surface area contributed by atoms with Gasteiger partial charge in [0.1, 0.15) is 5.82 Å². The quantitative estimate of drug-likeness (QED) is 0.720. The smallest absolute Gasteiger partial charge is 0.243 e. The van der Waals surface area contributed by atoms with E-state index in [1.807, 2.05) is 18.2 Å². The number of carbonyl (C=O) groups is 2. The normalized spacial score (nSPS) is 18.4.